The van der Waals surface area contributed by atoms with Crippen LogP contribution in [0.25, 0.3) is 33.3 Å². The smallest absolute Gasteiger partial charge is 0.305 e. The van der Waals surface area contributed by atoms with Crippen LogP contribution in [0.15, 0.2) is 18.2 Å². The monoisotopic (exact) mass is 791 g/mol. The lowest BCUT2D eigenvalue weighted by atomic mass is 9.84. The van der Waals surface area contributed by atoms with Crippen molar-refractivity contribution in [2.45, 2.75) is 157 Å². The lowest BCUT2D eigenvalue weighted by molar-refractivity contribution is -0.140. The van der Waals surface area contributed by atoms with E-state index in [0.717, 1.165) is 113 Å². The van der Waals surface area contributed by atoms with Gasteiger partial charge in [-0.15, -0.1) is 0 Å². The maximum atomic E-state index is 14.9. The molecule has 10 heteroatoms. The highest BCUT2D eigenvalue weighted by molar-refractivity contribution is 6.23. The van der Waals surface area contributed by atoms with Crippen molar-refractivity contribution in [1.82, 2.24) is 24.8 Å². The van der Waals surface area contributed by atoms with Gasteiger partial charge in [0.05, 0.1) is 52.6 Å². The van der Waals surface area contributed by atoms with Gasteiger partial charge >= 0.3 is 5.97 Å². The van der Waals surface area contributed by atoms with Gasteiger partial charge in [-0.2, -0.15) is 0 Å². The summed E-state index contributed by atoms with van der Waals surface area (Å²) >= 11 is 0. The van der Waals surface area contributed by atoms with Crippen molar-refractivity contribution in [3.63, 3.8) is 0 Å². The molecule has 0 fully saturated rings. The van der Waals surface area contributed by atoms with Crippen LogP contribution >= 0.6 is 0 Å². The Balaban J connectivity index is 1.61. The van der Waals surface area contributed by atoms with Gasteiger partial charge in [-0.3, -0.25) is 19.3 Å². The van der Waals surface area contributed by atoms with Gasteiger partial charge in [-0.05, 0) is 93.9 Å². The maximum absolute atomic E-state index is 14.9. The molecule has 3 atom stereocenters. The van der Waals surface area contributed by atoms with Gasteiger partial charge in [0.1, 0.15) is 0 Å². The average Bonchev–Trinajstić information content (AvgIpc) is 3.89. The molecule has 6 rings (SSSR count). The zero-order chi connectivity index (χ0) is 41.7. The highest BCUT2D eigenvalue weighted by Crippen LogP contribution is 2.45. The van der Waals surface area contributed by atoms with Crippen molar-refractivity contribution in [3.8, 4) is 0 Å². The van der Waals surface area contributed by atoms with E-state index in [9.17, 15) is 14.4 Å². The first-order valence-electron chi connectivity index (χ1n) is 22.0. The lowest BCUT2D eigenvalue weighted by Crippen LogP contribution is -2.41. The van der Waals surface area contributed by atoms with Crippen LogP contribution in [0.2, 0.25) is 0 Å². The Morgan fingerprint density at radius 2 is 1.47 bits per heavy atom. The summed E-state index contributed by atoms with van der Waals surface area (Å²) in [4.78, 5) is 61.2. The molecule has 0 saturated carbocycles. The number of ether oxygens (including phenoxy) is 2. The number of fused-ring (bicyclic) bond motifs is 8. The summed E-state index contributed by atoms with van der Waals surface area (Å²) in [6, 6.07) is 6.23. The first-order chi connectivity index (χ1) is 27.9. The molecule has 58 heavy (non-hydrogen) atoms. The molecular weight excluding hydrogens is 727 g/mol. The molecule has 312 valence electrons. The van der Waals surface area contributed by atoms with Crippen molar-refractivity contribution < 1.29 is 23.9 Å². The fraction of sp³-hybridized carbons (Fsp3) is 0.562. The number of allylic oxidation sites excluding steroid dienone is 3. The molecule has 6 heterocycles. The van der Waals surface area contributed by atoms with E-state index >= 15 is 0 Å². The normalized spacial score (nSPS) is 17.7. The van der Waals surface area contributed by atoms with Gasteiger partial charge in [0.2, 0.25) is 0 Å². The summed E-state index contributed by atoms with van der Waals surface area (Å²) in [7, 11) is 1.40. The summed E-state index contributed by atoms with van der Waals surface area (Å²) in [5.74, 6) is -1.22. The van der Waals surface area contributed by atoms with Crippen LogP contribution in [0.5, 0.6) is 0 Å². The van der Waals surface area contributed by atoms with E-state index in [2.05, 4.69) is 70.6 Å². The van der Waals surface area contributed by atoms with Crippen LogP contribution in [0.3, 0.4) is 0 Å². The summed E-state index contributed by atoms with van der Waals surface area (Å²) < 4.78 is 11.6. The lowest BCUT2D eigenvalue weighted by Gasteiger charge is -2.27. The van der Waals surface area contributed by atoms with Crippen molar-refractivity contribution >= 4 is 51.1 Å². The maximum Gasteiger partial charge on any atom is 0.305 e. The molecular formula is C48H65N5O5. The number of unbranched alkanes of at least 4 members (excludes halogenated alkanes) is 8. The van der Waals surface area contributed by atoms with Gasteiger partial charge in [0.15, 0.2) is 0 Å². The Bertz CT molecular complexity index is 2170. The fourth-order valence-electron chi connectivity index (χ4n) is 9.19. The van der Waals surface area contributed by atoms with Gasteiger partial charge in [0.25, 0.3) is 11.8 Å². The van der Waals surface area contributed by atoms with Crippen LogP contribution in [0.4, 0.5) is 0 Å². The van der Waals surface area contributed by atoms with E-state index in [1.54, 1.807) is 0 Å². The Morgan fingerprint density at radius 3 is 2.17 bits per heavy atom. The Kier molecular flexibility index (Phi) is 14.1. The number of carbonyl (C=O) groups excluding carboxylic acids is 3. The number of nitrogens with zero attached hydrogens (tertiary/aromatic N) is 3. The van der Waals surface area contributed by atoms with Gasteiger partial charge in [0, 0.05) is 53.9 Å². The van der Waals surface area contributed by atoms with Crippen LogP contribution in [-0.4, -0.2) is 69.0 Å². The minimum absolute atomic E-state index is 0.0988. The van der Waals surface area contributed by atoms with E-state index in [-0.39, 0.29) is 42.1 Å². The number of carbonyl (C=O) groups is 3. The molecule has 2 N–H and O–H groups in total. The SMILES string of the molecule is CCCCCCCCN1C(=O)c2c3[nH]c(cc4nc(cc5nc(cc6[nH]c2c(c6C)C1=O)C(CC)=C5C)C(C(C)OCCCCCC)=C4C)[C@@H](C)[C@@H]3CCC(=O)OC. The Hall–Kier alpha value is -4.57. The molecule has 10 nitrogen and oxygen atoms in total. The standard InChI is InChI=1S/C48H65N5O5/c1-10-13-15-17-18-19-23-53-47(55)43-31(7)38-26-39-33(12-3)28(4)35(49-39)27-40-42(32(8)58-24-20-16-14-11-2)30(6)37(50-40)25-36-29(5)34(21-22-41(54)57-9)45(51-36)44(48(53)56)46(43)52-38/h25-27,29,32,34,51-52H,10-24H2,1-9H3/t29-,32?,34-/m0/s1. The van der Waals surface area contributed by atoms with E-state index in [1.165, 1.54) is 31.3 Å². The van der Waals surface area contributed by atoms with E-state index < -0.39 is 0 Å². The van der Waals surface area contributed by atoms with E-state index in [1.807, 2.05) is 13.0 Å². The van der Waals surface area contributed by atoms with Crippen LogP contribution in [0.1, 0.15) is 204 Å². The van der Waals surface area contributed by atoms with Crippen LogP contribution < -0.4 is 0 Å². The molecule has 4 aliphatic heterocycles. The molecule has 8 bridgehead atoms. The predicted molar refractivity (Wildman–Crippen MR) is 233 cm³/mol. The number of rotatable bonds is 18. The van der Waals surface area contributed by atoms with Crippen LogP contribution in [0, 0.1) is 6.92 Å². The third kappa shape index (κ3) is 8.59. The summed E-state index contributed by atoms with van der Waals surface area (Å²) in [6.07, 6.45) is 12.0. The number of aryl methyl sites for hydroxylation is 1. The number of hydrogen-bond acceptors (Lipinski definition) is 7. The van der Waals surface area contributed by atoms with E-state index in [0.29, 0.717) is 41.9 Å². The summed E-state index contributed by atoms with van der Waals surface area (Å²) in [5.41, 5.74) is 12.3. The second kappa shape index (κ2) is 19.0. The number of amides is 2. The Morgan fingerprint density at radius 1 is 0.810 bits per heavy atom. The van der Waals surface area contributed by atoms with Crippen molar-refractivity contribution in [3.05, 3.63) is 69.1 Å². The molecule has 0 saturated heterocycles. The van der Waals surface area contributed by atoms with E-state index in [4.69, 9.17) is 19.4 Å². The third-order valence-electron chi connectivity index (χ3n) is 12.8. The number of aromatic nitrogens is 4. The first-order valence-corrected chi connectivity index (χ1v) is 22.0. The molecule has 0 aromatic carbocycles. The number of methoxy groups -OCH3 is 1. The minimum Gasteiger partial charge on any atom is -0.469 e. The van der Waals surface area contributed by atoms with Crippen molar-refractivity contribution in [1.29, 1.82) is 0 Å². The second-order valence-electron chi connectivity index (χ2n) is 16.6. The minimum atomic E-state index is -0.315. The number of H-pyrrole nitrogens is 2. The topological polar surface area (TPSA) is 130 Å². The molecule has 2 aromatic heterocycles. The number of nitrogens with one attached hydrogen (secondary N) is 2. The van der Waals surface area contributed by atoms with Gasteiger partial charge in [-0.1, -0.05) is 79.1 Å². The summed E-state index contributed by atoms with van der Waals surface area (Å²) in [5, 5.41) is 0. The third-order valence-corrected chi connectivity index (χ3v) is 12.8. The number of esters is 1. The first kappa shape index (κ1) is 43.0. The number of aromatic amines is 2. The Labute approximate surface area is 345 Å². The van der Waals surface area contributed by atoms with Crippen LogP contribution in [-0.2, 0) is 14.3 Å². The van der Waals surface area contributed by atoms with Crippen molar-refractivity contribution in [2.75, 3.05) is 20.3 Å². The largest absolute Gasteiger partial charge is 0.469 e. The number of imide groups is 1. The summed E-state index contributed by atoms with van der Waals surface area (Å²) in [6.45, 7) is 18.0. The zero-order valence-corrected chi connectivity index (χ0v) is 36.5. The molecule has 1 unspecified atom stereocenters. The highest BCUT2D eigenvalue weighted by atomic mass is 16.5. The highest BCUT2D eigenvalue weighted by Gasteiger charge is 2.40. The quantitative estimate of drug-likeness (QED) is 0.0873. The van der Waals surface area contributed by atoms with Gasteiger partial charge in [-0.25, -0.2) is 9.97 Å². The predicted octanol–water partition coefficient (Wildman–Crippen LogP) is 11.4. The number of hydrogen-bond donors (Lipinski definition) is 2. The molecule has 4 aliphatic rings. The van der Waals surface area contributed by atoms with Crippen molar-refractivity contribution in [2.24, 2.45) is 0 Å². The molecule has 2 aromatic rings. The second-order valence-corrected chi connectivity index (χ2v) is 16.6. The fourth-order valence-corrected chi connectivity index (χ4v) is 9.19. The molecule has 0 spiro atoms. The molecule has 0 aliphatic carbocycles. The molecule has 2 amide bonds. The average molecular weight is 792 g/mol. The molecule has 0 radical (unpaired) electrons. The van der Waals surface area contributed by atoms with Gasteiger partial charge < -0.3 is 19.4 Å². The zero-order valence-electron chi connectivity index (χ0n) is 36.5.